The van der Waals surface area contributed by atoms with Crippen LogP contribution in [0.2, 0.25) is 0 Å². The number of carbonyl (C=O) groups excluding carboxylic acids is 2. The molecule has 0 spiro atoms. The van der Waals surface area contributed by atoms with Gasteiger partial charge < -0.3 is 15.8 Å². The summed E-state index contributed by atoms with van der Waals surface area (Å²) in [5, 5.41) is 2.95. The molecule has 0 bridgehead atoms. The summed E-state index contributed by atoms with van der Waals surface area (Å²) < 4.78 is 5.71. The molecule has 1 atom stereocenters. The van der Waals surface area contributed by atoms with Gasteiger partial charge in [0.15, 0.2) is 0 Å². The molecule has 1 unspecified atom stereocenters. The van der Waals surface area contributed by atoms with Crippen LogP contribution in [0, 0.1) is 5.92 Å². The lowest BCUT2D eigenvalue weighted by Gasteiger charge is -2.22. The quantitative estimate of drug-likeness (QED) is 0.659. The zero-order valence-electron chi connectivity index (χ0n) is 17.8. The molecule has 2 aromatic rings. The van der Waals surface area contributed by atoms with E-state index in [1.165, 1.54) is 0 Å². The van der Waals surface area contributed by atoms with E-state index in [0.717, 1.165) is 42.8 Å². The fourth-order valence-corrected chi connectivity index (χ4v) is 3.64. The number of nitrogens with zero attached hydrogens (tertiary/aromatic N) is 1. The second kappa shape index (κ2) is 10.3. The molecule has 1 heterocycles. The number of nitrogens with one attached hydrogen (secondary N) is 1. The summed E-state index contributed by atoms with van der Waals surface area (Å²) in [4.78, 5) is 26.3. The molecule has 1 aliphatic heterocycles. The Morgan fingerprint density at radius 3 is 2.67 bits per heavy atom. The van der Waals surface area contributed by atoms with Crippen LogP contribution < -0.4 is 15.8 Å². The van der Waals surface area contributed by atoms with Gasteiger partial charge in [0.1, 0.15) is 5.75 Å². The minimum atomic E-state index is -0.270. The lowest BCUT2D eigenvalue weighted by Crippen LogP contribution is -2.39. The number of primary amides is 1. The van der Waals surface area contributed by atoms with Crippen LogP contribution in [0.3, 0.4) is 0 Å². The maximum Gasteiger partial charge on any atom is 0.255 e. The van der Waals surface area contributed by atoms with Crippen molar-refractivity contribution in [2.75, 3.05) is 18.5 Å². The minimum absolute atomic E-state index is 0.169. The van der Waals surface area contributed by atoms with Crippen molar-refractivity contribution in [1.29, 1.82) is 0 Å². The third-order valence-corrected chi connectivity index (χ3v) is 5.34. The lowest BCUT2D eigenvalue weighted by molar-refractivity contribution is -0.122. The molecule has 1 aliphatic rings. The Hall–Kier alpha value is -2.86. The smallest absolute Gasteiger partial charge is 0.255 e. The number of anilines is 1. The molecule has 0 aromatic heterocycles. The molecule has 0 saturated carbocycles. The van der Waals surface area contributed by atoms with Gasteiger partial charge in [0.2, 0.25) is 5.91 Å². The van der Waals surface area contributed by atoms with Crippen LogP contribution in [-0.2, 0) is 11.3 Å². The first-order chi connectivity index (χ1) is 14.4. The van der Waals surface area contributed by atoms with Gasteiger partial charge in [0.05, 0.1) is 12.6 Å². The highest BCUT2D eigenvalue weighted by Gasteiger charge is 2.28. The van der Waals surface area contributed by atoms with E-state index >= 15 is 0 Å². The number of amides is 2. The van der Waals surface area contributed by atoms with Crippen molar-refractivity contribution in [3.8, 4) is 5.75 Å². The number of nitrogens with two attached hydrogens (primary N) is 1. The van der Waals surface area contributed by atoms with Crippen molar-refractivity contribution in [1.82, 2.24) is 4.90 Å². The highest BCUT2D eigenvalue weighted by molar-refractivity contribution is 6.04. The number of ether oxygens (including phenoxy) is 1. The Kier molecular flexibility index (Phi) is 7.46. The van der Waals surface area contributed by atoms with Gasteiger partial charge in [-0.2, -0.15) is 0 Å². The average molecular weight is 410 g/mol. The summed E-state index contributed by atoms with van der Waals surface area (Å²) in [7, 11) is 0. The highest BCUT2D eigenvalue weighted by atomic mass is 16.5. The van der Waals surface area contributed by atoms with E-state index in [9.17, 15) is 9.59 Å². The van der Waals surface area contributed by atoms with Crippen LogP contribution in [0.4, 0.5) is 5.69 Å². The fraction of sp³-hybridized carbons (Fsp3) is 0.417. The monoisotopic (exact) mass is 409 g/mol. The van der Waals surface area contributed by atoms with E-state index in [0.29, 0.717) is 24.6 Å². The molecule has 3 rings (SSSR count). The van der Waals surface area contributed by atoms with Gasteiger partial charge in [0.25, 0.3) is 5.91 Å². The normalized spacial score (nSPS) is 16.6. The minimum Gasteiger partial charge on any atom is -0.494 e. The molecule has 160 valence electrons. The van der Waals surface area contributed by atoms with Crippen LogP contribution in [0.1, 0.15) is 49.0 Å². The first-order valence-corrected chi connectivity index (χ1v) is 10.6. The molecule has 30 heavy (non-hydrogen) atoms. The largest absolute Gasteiger partial charge is 0.494 e. The molecule has 0 radical (unpaired) electrons. The van der Waals surface area contributed by atoms with Crippen molar-refractivity contribution in [3.63, 3.8) is 0 Å². The van der Waals surface area contributed by atoms with Crippen molar-refractivity contribution in [2.24, 2.45) is 11.7 Å². The number of hydrogen-bond acceptors (Lipinski definition) is 4. The number of likely N-dealkylation sites (tertiary alicyclic amines) is 1. The van der Waals surface area contributed by atoms with Crippen molar-refractivity contribution in [3.05, 3.63) is 59.7 Å². The molecular formula is C24H31N3O3. The SMILES string of the molecule is CC(C)CCOc1ccc(C(=O)Nc2cccc(CN3CCCC3C(N)=O)c2)cc1. The second-order valence-corrected chi connectivity index (χ2v) is 8.24. The third kappa shape index (κ3) is 6.07. The summed E-state index contributed by atoms with van der Waals surface area (Å²) in [6.45, 7) is 6.49. The van der Waals surface area contributed by atoms with Crippen molar-refractivity contribution in [2.45, 2.75) is 45.7 Å². The summed E-state index contributed by atoms with van der Waals surface area (Å²) in [5.41, 5.74) is 7.84. The lowest BCUT2D eigenvalue weighted by atomic mass is 10.1. The zero-order chi connectivity index (χ0) is 21.5. The maximum absolute atomic E-state index is 12.6. The van der Waals surface area contributed by atoms with Crippen LogP contribution >= 0.6 is 0 Å². The van der Waals surface area contributed by atoms with Gasteiger partial charge in [-0.15, -0.1) is 0 Å². The molecule has 6 nitrogen and oxygen atoms in total. The fourth-order valence-electron chi connectivity index (χ4n) is 3.64. The number of carbonyl (C=O) groups is 2. The molecule has 6 heteroatoms. The van der Waals surface area contributed by atoms with Gasteiger partial charge in [-0.05, 0) is 73.7 Å². The summed E-state index contributed by atoms with van der Waals surface area (Å²) in [5.74, 6) is 0.924. The molecule has 3 N–H and O–H groups in total. The van der Waals surface area contributed by atoms with Crippen LogP contribution in [0.25, 0.3) is 0 Å². The first-order valence-electron chi connectivity index (χ1n) is 10.6. The first kappa shape index (κ1) is 21.8. The number of benzene rings is 2. The van der Waals surface area contributed by atoms with Gasteiger partial charge in [-0.3, -0.25) is 14.5 Å². The topological polar surface area (TPSA) is 84.7 Å². The van der Waals surface area contributed by atoms with Crippen molar-refractivity contribution < 1.29 is 14.3 Å². The molecule has 1 fully saturated rings. The predicted octanol–water partition coefficient (Wildman–Crippen LogP) is 3.81. The Balaban J connectivity index is 1.57. The third-order valence-electron chi connectivity index (χ3n) is 5.34. The van der Waals surface area contributed by atoms with Gasteiger partial charge in [-0.25, -0.2) is 0 Å². The molecular weight excluding hydrogens is 378 g/mol. The molecule has 0 aliphatic carbocycles. The molecule has 2 aromatic carbocycles. The van der Waals surface area contributed by atoms with Gasteiger partial charge in [0, 0.05) is 17.8 Å². The van der Waals surface area contributed by atoms with E-state index in [2.05, 4.69) is 24.1 Å². The second-order valence-electron chi connectivity index (χ2n) is 8.24. The van der Waals surface area contributed by atoms with Crippen LogP contribution in [-0.4, -0.2) is 35.9 Å². The molecule has 1 saturated heterocycles. The maximum atomic E-state index is 12.6. The number of hydrogen-bond donors (Lipinski definition) is 2. The Morgan fingerprint density at radius 1 is 1.20 bits per heavy atom. The van der Waals surface area contributed by atoms with E-state index in [1.807, 2.05) is 36.4 Å². The average Bonchev–Trinajstić information content (AvgIpc) is 3.17. The van der Waals surface area contributed by atoms with E-state index < -0.39 is 0 Å². The van der Waals surface area contributed by atoms with E-state index in [4.69, 9.17) is 10.5 Å². The number of rotatable bonds is 9. The van der Waals surface area contributed by atoms with Crippen molar-refractivity contribution >= 4 is 17.5 Å². The highest BCUT2D eigenvalue weighted by Crippen LogP contribution is 2.22. The van der Waals surface area contributed by atoms with E-state index in [-0.39, 0.29) is 17.9 Å². The summed E-state index contributed by atoms with van der Waals surface area (Å²) in [6.07, 6.45) is 2.78. The zero-order valence-corrected chi connectivity index (χ0v) is 17.8. The summed E-state index contributed by atoms with van der Waals surface area (Å²) in [6, 6.07) is 14.7. The molecule has 2 amide bonds. The summed E-state index contributed by atoms with van der Waals surface area (Å²) >= 11 is 0. The van der Waals surface area contributed by atoms with Gasteiger partial charge >= 0.3 is 0 Å². The van der Waals surface area contributed by atoms with Crippen LogP contribution in [0.15, 0.2) is 48.5 Å². The standard InChI is InChI=1S/C24H31N3O3/c1-17(2)12-14-30-21-10-8-19(9-11-21)24(29)26-20-6-3-5-18(15-20)16-27-13-4-7-22(27)23(25)28/h3,5-6,8-11,15,17,22H,4,7,12-14,16H2,1-2H3,(H2,25,28)(H,26,29). The van der Waals surface area contributed by atoms with Gasteiger partial charge in [-0.1, -0.05) is 26.0 Å². The van der Waals surface area contributed by atoms with Crippen LogP contribution in [0.5, 0.6) is 5.75 Å². The Bertz CT molecular complexity index is 864. The van der Waals surface area contributed by atoms with E-state index in [1.54, 1.807) is 12.1 Å². The Labute approximate surface area is 178 Å². The Morgan fingerprint density at radius 2 is 1.97 bits per heavy atom. The predicted molar refractivity (Wildman–Crippen MR) is 118 cm³/mol.